The Balaban J connectivity index is 1.65. The van der Waals surface area contributed by atoms with Crippen LogP contribution in [-0.4, -0.2) is 22.1 Å². The van der Waals surface area contributed by atoms with E-state index in [0.29, 0.717) is 29.8 Å². The van der Waals surface area contributed by atoms with Crippen LogP contribution >= 0.6 is 11.6 Å². The molecule has 0 aliphatic carbocycles. The van der Waals surface area contributed by atoms with Gasteiger partial charge in [0.1, 0.15) is 11.5 Å². The number of aromatic nitrogens is 2. The summed E-state index contributed by atoms with van der Waals surface area (Å²) in [6, 6.07) is 11.3. The SMILES string of the molecule is Cc1ccc(CN(C)Cc2nc(-c3ccc(Cl)cc3)no2)o1. The Morgan fingerprint density at radius 3 is 2.55 bits per heavy atom. The van der Waals surface area contributed by atoms with E-state index in [-0.39, 0.29) is 0 Å². The molecule has 114 valence electrons. The molecule has 0 unspecified atom stereocenters. The molecule has 0 amide bonds. The van der Waals surface area contributed by atoms with Gasteiger partial charge in [-0.3, -0.25) is 4.90 Å². The van der Waals surface area contributed by atoms with Gasteiger partial charge in [-0.2, -0.15) is 4.98 Å². The highest BCUT2D eigenvalue weighted by molar-refractivity contribution is 6.30. The molecule has 0 saturated carbocycles. The summed E-state index contributed by atoms with van der Waals surface area (Å²) in [6.45, 7) is 3.17. The molecule has 0 saturated heterocycles. The molecule has 0 fully saturated rings. The van der Waals surface area contributed by atoms with Crippen LogP contribution in [0.1, 0.15) is 17.4 Å². The molecule has 0 N–H and O–H groups in total. The van der Waals surface area contributed by atoms with E-state index in [1.807, 2.05) is 38.2 Å². The molecule has 22 heavy (non-hydrogen) atoms. The molecule has 0 atom stereocenters. The molecule has 0 spiro atoms. The normalized spacial score (nSPS) is 11.3. The molecule has 0 aliphatic rings. The smallest absolute Gasteiger partial charge is 0.241 e. The van der Waals surface area contributed by atoms with Crippen LogP contribution in [0.15, 0.2) is 45.3 Å². The van der Waals surface area contributed by atoms with E-state index in [1.165, 1.54) is 0 Å². The number of halogens is 1. The van der Waals surface area contributed by atoms with Gasteiger partial charge < -0.3 is 8.94 Å². The predicted molar refractivity (Wildman–Crippen MR) is 83.4 cm³/mol. The lowest BCUT2D eigenvalue weighted by Gasteiger charge is -2.11. The third-order valence-electron chi connectivity index (χ3n) is 3.20. The van der Waals surface area contributed by atoms with Gasteiger partial charge in [0, 0.05) is 10.6 Å². The van der Waals surface area contributed by atoms with Crippen molar-refractivity contribution in [1.29, 1.82) is 0 Å². The van der Waals surface area contributed by atoms with Gasteiger partial charge in [-0.05, 0) is 50.4 Å². The Bertz CT molecular complexity index is 749. The summed E-state index contributed by atoms with van der Waals surface area (Å²) in [7, 11) is 1.98. The maximum atomic E-state index is 5.87. The van der Waals surface area contributed by atoms with Crippen LogP contribution in [0.2, 0.25) is 5.02 Å². The van der Waals surface area contributed by atoms with Crippen LogP contribution in [-0.2, 0) is 13.1 Å². The van der Waals surface area contributed by atoms with E-state index in [1.54, 1.807) is 12.1 Å². The quantitative estimate of drug-likeness (QED) is 0.713. The zero-order valence-electron chi connectivity index (χ0n) is 12.4. The first kappa shape index (κ1) is 14.8. The molecule has 3 rings (SSSR count). The van der Waals surface area contributed by atoms with Crippen molar-refractivity contribution in [1.82, 2.24) is 15.0 Å². The van der Waals surface area contributed by atoms with Crippen LogP contribution in [0.4, 0.5) is 0 Å². The fourth-order valence-electron chi connectivity index (χ4n) is 2.16. The van der Waals surface area contributed by atoms with Crippen molar-refractivity contribution < 1.29 is 8.94 Å². The van der Waals surface area contributed by atoms with Crippen molar-refractivity contribution in [3.63, 3.8) is 0 Å². The second-order valence-electron chi connectivity index (χ2n) is 5.20. The second kappa shape index (κ2) is 6.34. The minimum atomic E-state index is 0.556. The zero-order chi connectivity index (χ0) is 15.5. The topological polar surface area (TPSA) is 55.3 Å². The molecule has 1 aromatic carbocycles. The highest BCUT2D eigenvalue weighted by atomic mass is 35.5. The summed E-state index contributed by atoms with van der Waals surface area (Å²) in [5.41, 5.74) is 0.878. The first-order valence-corrected chi connectivity index (χ1v) is 7.30. The van der Waals surface area contributed by atoms with Crippen LogP contribution in [0.3, 0.4) is 0 Å². The van der Waals surface area contributed by atoms with Crippen molar-refractivity contribution in [3.05, 3.63) is 58.8 Å². The molecule has 2 heterocycles. The molecule has 0 bridgehead atoms. The average Bonchev–Trinajstić information content (AvgIpc) is 3.09. The molecule has 6 heteroatoms. The van der Waals surface area contributed by atoms with E-state index in [0.717, 1.165) is 17.1 Å². The number of hydrogen-bond donors (Lipinski definition) is 0. The van der Waals surface area contributed by atoms with Crippen molar-refractivity contribution in [3.8, 4) is 11.4 Å². The summed E-state index contributed by atoms with van der Waals surface area (Å²) in [6.07, 6.45) is 0. The van der Waals surface area contributed by atoms with Crippen molar-refractivity contribution in [2.75, 3.05) is 7.05 Å². The van der Waals surface area contributed by atoms with Crippen LogP contribution in [0, 0.1) is 6.92 Å². The minimum Gasteiger partial charge on any atom is -0.465 e. The summed E-state index contributed by atoms with van der Waals surface area (Å²) in [5, 5.41) is 4.68. The van der Waals surface area contributed by atoms with E-state index in [9.17, 15) is 0 Å². The Morgan fingerprint density at radius 2 is 1.86 bits per heavy atom. The molecular weight excluding hydrogens is 302 g/mol. The molecular formula is C16H16ClN3O2. The van der Waals surface area contributed by atoms with E-state index < -0.39 is 0 Å². The number of aryl methyl sites for hydroxylation is 1. The van der Waals surface area contributed by atoms with Crippen LogP contribution < -0.4 is 0 Å². The lowest BCUT2D eigenvalue weighted by Crippen LogP contribution is -2.17. The maximum Gasteiger partial charge on any atom is 0.241 e. The third-order valence-corrected chi connectivity index (χ3v) is 3.45. The zero-order valence-corrected chi connectivity index (χ0v) is 13.2. The van der Waals surface area contributed by atoms with Gasteiger partial charge >= 0.3 is 0 Å². The molecule has 3 aromatic rings. The summed E-state index contributed by atoms with van der Waals surface area (Å²) >= 11 is 5.87. The van der Waals surface area contributed by atoms with Crippen LogP contribution in [0.25, 0.3) is 11.4 Å². The lowest BCUT2D eigenvalue weighted by molar-refractivity contribution is 0.243. The fourth-order valence-corrected chi connectivity index (χ4v) is 2.28. The summed E-state index contributed by atoms with van der Waals surface area (Å²) in [4.78, 5) is 6.46. The second-order valence-corrected chi connectivity index (χ2v) is 5.64. The highest BCUT2D eigenvalue weighted by Crippen LogP contribution is 2.19. The Morgan fingerprint density at radius 1 is 1.09 bits per heavy atom. The Kier molecular flexibility index (Phi) is 4.27. The largest absolute Gasteiger partial charge is 0.465 e. The van der Waals surface area contributed by atoms with Crippen molar-refractivity contribution in [2.45, 2.75) is 20.0 Å². The molecule has 5 nitrogen and oxygen atoms in total. The van der Waals surface area contributed by atoms with Gasteiger partial charge in [-0.15, -0.1) is 0 Å². The Labute approximate surface area is 133 Å². The summed E-state index contributed by atoms with van der Waals surface area (Å²) in [5.74, 6) is 2.95. The standard InChI is InChI=1S/C16H16ClN3O2/c1-11-3-8-14(21-11)9-20(2)10-15-18-16(19-22-15)12-4-6-13(17)7-5-12/h3-8H,9-10H2,1-2H3. The van der Waals surface area contributed by atoms with Gasteiger partial charge in [0.15, 0.2) is 0 Å². The Hall–Kier alpha value is -2.11. The molecule has 0 aliphatic heterocycles. The van der Waals surface area contributed by atoms with Gasteiger partial charge in [0.05, 0.1) is 13.1 Å². The van der Waals surface area contributed by atoms with Crippen molar-refractivity contribution in [2.24, 2.45) is 0 Å². The summed E-state index contributed by atoms with van der Waals surface area (Å²) < 4.78 is 10.9. The van der Waals surface area contributed by atoms with Gasteiger partial charge in [0.2, 0.25) is 11.7 Å². The minimum absolute atomic E-state index is 0.556. The maximum absolute atomic E-state index is 5.87. The molecule has 0 radical (unpaired) electrons. The van der Waals surface area contributed by atoms with Crippen molar-refractivity contribution >= 4 is 11.6 Å². The van der Waals surface area contributed by atoms with E-state index in [4.69, 9.17) is 20.5 Å². The number of benzene rings is 1. The monoisotopic (exact) mass is 317 g/mol. The first-order chi connectivity index (χ1) is 10.6. The van der Waals surface area contributed by atoms with Crippen LogP contribution in [0.5, 0.6) is 0 Å². The van der Waals surface area contributed by atoms with Gasteiger partial charge in [-0.1, -0.05) is 16.8 Å². The number of nitrogens with zero attached hydrogens (tertiary/aromatic N) is 3. The number of furan rings is 1. The van der Waals surface area contributed by atoms with Gasteiger partial charge in [-0.25, -0.2) is 0 Å². The fraction of sp³-hybridized carbons (Fsp3) is 0.250. The first-order valence-electron chi connectivity index (χ1n) is 6.92. The van der Waals surface area contributed by atoms with E-state index >= 15 is 0 Å². The average molecular weight is 318 g/mol. The number of hydrogen-bond acceptors (Lipinski definition) is 5. The van der Waals surface area contributed by atoms with E-state index in [2.05, 4.69) is 15.0 Å². The molecule has 2 aromatic heterocycles. The lowest BCUT2D eigenvalue weighted by atomic mass is 10.2. The predicted octanol–water partition coefficient (Wildman–Crippen LogP) is 3.92. The van der Waals surface area contributed by atoms with Gasteiger partial charge in [0.25, 0.3) is 0 Å². The highest BCUT2D eigenvalue weighted by Gasteiger charge is 2.12. The number of rotatable bonds is 5. The third kappa shape index (κ3) is 3.55.